The van der Waals surface area contributed by atoms with Gasteiger partial charge in [0.15, 0.2) is 17.5 Å². The molecule has 5 aromatic heterocycles. The Hall–Kier alpha value is -3.95. The highest BCUT2D eigenvalue weighted by atomic mass is 15.3. The molecule has 5 aromatic rings. The predicted octanol–water partition coefficient (Wildman–Crippen LogP) is 3.36. The highest BCUT2D eigenvalue weighted by Crippen LogP contribution is 2.32. The second-order valence-corrected chi connectivity index (χ2v) is 7.88. The van der Waals surface area contributed by atoms with Gasteiger partial charge in [-0.15, -0.1) is 5.10 Å². The van der Waals surface area contributed by atoms with Gasteiger partial charge in [0.2, 0.25) is 5.82 Å². The Labute approximate surface area is 179 Å². The summed E-state index contributed by atoms with van der Waals surface area (Å²) in [5.41, 5.74) is 3.82. The molecule has 0 aliphatic rings. The van der Waals surface area contributed by atoms with Crippen LogP contribution in [0.5, 0.6) is 0 Å². The summed E-state index contributed by atoms with van der Waals surface area (Å²) in [7, 11) is 3.80. The Morgan fingerprint density at radius 2 is 1.84 bits per heavy atom. The van der Waals surface area contributed by atoms with Crippen LogP contribution in [0.15, 0.2) is 43.1 Å². The summed E-state index contributed by atoms with van der Waals surface area (Å²) >= 11 is 0. The highest BCUT2D eigenvalue weighted by molar-refractivity contribution is 5.83. The number of nitrogens with one attached hydrogen (secondary N) is 1. The van der Waals surface area contributed by atoms with Crippen molar-refractivity contribution in [1.29, 1.82) is 0 Å². The van der Waals surface area contributed by atoms with Gasteiger partial charge in [-0.3, -0.25) is 9.36 Å². The fourth-order valence-corrected chi connectivity index (χ4v) is 3.62. The summed E-state index contributed by atoms with van der Waals surface area (Å²) in [4.78, 5) is 9.23. The zero-order chi connectivity index (χ0) is 21.7. The van der Waals surface area contributed by atoms with Gasteiger partial charge in [0.1, 0.15) is 5.52 Å². The average Bonchev–Trinajstić information content (AvgIpc) is 3.49. The van der Waals surface area contributed by atoms with Crippen molar-refractivity contribution in [3.63, 3.8) is 0 Å². The molecular formula is C21H24N10. The number of aryl methyl sites for hydroxylation is 3. The molecule has 0 aromatic carbocycles. The molecule has 0 spiro atoms. The summed E-state index contributed by atoms with van der Waals surface area (Å²) in [6.07, 6.45) is 9.49. The largest absolute Gasteiger partial charge is 0.331 e. The molecule has 0 saturated heterocycles. The van der Waals surface area contributed by atoms with Crippen LogP contribution in [0, 0.1) is 6.92 Å². The van der Waals surface area contributed by atoms with Crippen LogP contribution in [0.25, 0.3) is 28.4 Å². The smallest absolute Gasteiger partial charge is 0.218 e. The standard InChI is InChI=1S/C21H24N10/c1-13(2)30-10-6-16(25-30)15-12-31-18(14(15)3)19(23-17-7-9-29(5)26-17)24-20(27-31)21-22-8-11-28(21)4/h6-13H,1-5H3,(H,23,24,26,27). The molecule has 1 N–H and O–H groups in total. The van der Waals surface area contributed by atoms with Gasteiger partial charge in [-0.25, -0.2) is 14.5 Å². The number of aromatic nitrogens is 9. The first-order valence-corrected chi connectivity index (χ1v) is 10.1. The van der Waals surface area contributed by atoms with Gasteiger partial charge in [0.05, 0.1) is 5.69 Å². The first-order chi connectivity index (χ1) is 14.9. The maximum absolute atomic E-state index is 4.81. The summed E-state index contributed by atoms with van der Waals surface area (Å²) in [6, 6.07) is 4.23. The number of hydrogen-bond donors (Lipinski definition) is 1. The van der Waals surface area contributed by atoms with E-state index in [-0.39, 0.29) is 0 Å². The molecule has 0 saturated carbocycles. The zero-order valence-corrected chi connectivity index (χ0v) is 18.1. The lowest BCUT2D eigenvalue weighted by Gasteiger charge is -2.09. The summed E-state index contributed by atoms with van der Waals surface area (Å²) < 4.78 is 7.44. The molecule has 0 amide bonds. The van der Waals surface area contributed by atoms with Crippen molar-refractivity contribution < 1.29 is 0 Å². The summed E-state index contributed by atoms with van der Waals surface area (Å²) in [5.74, 6) is 2.58. The van der Waals surface area contributed by atoms with Gasteiger partial charge in [-0.1, -0.05) is 0 Å². The van der Waals surface area contributed by atoms with E-state index in [0.29, 0.717) is 29.3 Å². The number of imidazole rings is 1. The number of nitrogens with zero attached hydrogens (tertiary/aromatic N) is 9. The Morgan fingerprint density at radius 1 is 1.00 bits per heavy atom. The van der Waals surface area contributed by atoms with Crippen LogP contribution in [0.2, 0.25) is 0 Å². The first kappa shape index (κ1) is 19.0. The van der Waals surface area contributed by atoms with E-state index < -0.39 is 0 Å². The van der Waals surface area contributed by atoms with Crippen LogP contribution in [0.3, 0.4) is 0 Å². The maximum atomic E-state index is 4.81. The molecule has 0 fully saturated rings. The molecule has 0 atom stereocenters. The topological polar surface area (TPSA) is 95.7 Å². The molecule has 0 aliphatic carbocycles. The van der Waals surface area contributed by atoms with Crippen LogP contribution in [-0.4, -0.2) is 43.7 Å². The molecule has 0 aliphatic heterocycles. The minimum Gasteiger partial charge on any atom is -0.331 e. The fraction of sp³-hybridized carbons (Fsp3) is 0.286. The van der Waals surface area contributed by atoms with Crippen LogP contribution in [0.1, 0.15) is 25.5 Å². The minimum absolute atomic E-state index is 0.294. The lowest BCUT2D eigenvalue weighted by molar-refractivity contribution is 0.534. The SMILES string of the molecule is Cc1c(-c2ccn(C(C)C)n2)cn2nc(-c3nccn3C)nc(Nc3ccn(C)n3)c12. The molecule has 0 radical (unpaired) electrons. The average molecular weight is 416 g/mol. The van der Waals surface area contributed by atoms with Crippen molar-refractivity contribution in [3.8, 4) is 22.9 Å². The van der Waals surface area contributed by atoms with Crippen LogP contribution < -0.4 is 5.32 Å². The van der Waals surface area contributed by atoms with Crippen molar-refractivity contribution in [2.24, 2.45) is 14.1 Å². The van der Waals surface area contributed by atoms with Gasteiger partial charge < -0.3 is 9.88 Å². The summed E-state index contributed by atoms with van der Waals surface area (Å²) in [6.45, 7) is 6.28. The van der Waals surface area contributed by atoms with Gasteiger partial charge in [0.25, 0.3) is 0 Å². The summed E-state index contributed by atoms with van der Waals surface area (Å²) in [5, 5.41) is 17.3. The van der Waals surface area contributed by atoms with E-state index in [1.165, 1.54) is 0 Å². The van der Waals surface area contributed by atoms with Crippen molar-refractivity contribution in [3.05, 3.63) is 48.7 Å². The number of anilines is 2. The normalized spacial score (nSPS) is 11.7. The van der Waals surface area contributed by atoms with Gasteiger partial charge in [-0.05, 0) is 32.4 Å². The minimum atomic E-state index is 0.294. The van der Waals surface area contributed by atoms with E-state index in [9.17, 15) is 0 Å². The quantitative estimate of drug-likeness (QED) is 0.472. The second-order valence-electron chi connectivity index (χ2n) is 7.88. The van der Waals surface area contributed by atoms with Crippen LogP contribution in [-0.2, 0) is 14.1 Å². The molecule has 5 heterocycles. The highest BCUT2D eigenvalue weighted by Gasteiger charge is 2.20. The molecule has 158 valence electrons. The van der Waals surface area contributed by atoms with Crippen molar-refractivity contribution >= 4 is 17.2 Å². The molecular weight excluding hydrogens is 392 g/mol. The third-order valence-corrected chi connectivity index (χ3v) is 5.28. The van der Waals surface area contributed by atoms with Crippen molar-refractivity contribution in [2.75, 3.05) is 5.32 Å². The van der Waals surface area contributed by atoms with Crippen molar-refractivity contribution in [1.82, 2.24) is 43.7 Å². The van der Waals surface area contributed by atoms with Gasteiger partial charge in [-0.2, -0.15) is 10.2 Å². The van der Waals surface area contributed by atoms with E-state index in [1.807, 2.05) is 64.8 Å². The van der Waals surface area contributed by atoms with E-state index in [2.05, 4.69) is 36.2 Å². The molecule has 10 heteroatoms. The fourth-order valence-electron chi connectivity index (χ4n) is 3.62. The Bertz CT molecular complexity index is 1380. The Morgan fingerprint density at radius 3 is 2.48 bits per heavy atom. The number of rotatable bonds is 5. The zero-order valence-electron chi connectivity index (χ0n) is 18.1. The molecule has 31 heavy (non-hydrogen) atoms. The first-order valence-electron chi connectivity index (χ1n) is 10.1. The predicted molar refractivity (Wildman–Crippen MR) is 118 cm³/mol. The van der Waals surface area contributed by atoms with E-state index in [4.69, 9.17) is 15.2 Å². The third kappa shape index (κ3) is 3.25. The monoisotopic (exact) mass is 416 g/mol. The van der Waals surface area contributed by atoms with E-state index in [1.54, 1.807) is 10.9 Å². The lowest BCUT2D eigenvalue weighted by atomic mass is 10.1. The Kier molecular flexibility index (Phi) is 4.35. The van der Waals surface area contributed by atoms with E-state index in [0.717, 1.165) is 22.3 Å². The van der Waals surface area contributed by atoms with Crippen molar-refractivity contribution in [2.45, 2.75) is 26.8 Å². The molecule has 5 rings (SSSR count). The molecule has 0 unspecified atom stereocenters. The number of fused-ring (bicyclic) bond motifs is 1. The van der Waals surface area contributed by atoms with Gasteiger partial charge >= 0.3 is 0 Å². The van der Waals surface area contributed by atoms with Crippen LogP contribution >= 0.6 is 0 Å². The van der Waals surface area contributed by atoms with Crippen LogP contribution in [0.4, 0.5) is 11.6 Å². The molecule has 10 nitrogen and oxygen atoms in total. The Balaban J connectivity index is 1.71. The lowest BCUT2D eigenvalue weighted by Crippen LogP contribution is -2.06. The second kappa shape index (κ2) is 7.08. The number of hydrogen-bond acceptors (Lipinski definition) is 6. The molecule has 0 bridgehead atoms. The van der Waals surface area contributed by atoms with E-state index >= 15 is 0 Å². The third-order valence-electron chi connectivity index (χ3n) is 5.28. The van der Waals surface area contributed by atoms with Gasteiger partial charge in [0, 0.05) is 62.8 Å². The maximum Gasteiger partial charge on any atom is 0.218 e.